The molecule has 2 N–H and O–H groups in total. The quantitative estimate of drug-likeness (QED) is 0.475. The van der Waals surface area contributed by atoms with Crippen molar-refractivity contribution in [1.82, 2.24) is 14.6 Å². The van der Waals surface area contributed by atoms with Crippen LogP contribution in [0.2, 0.25) is 5.02 Å². The van der Waals surface area contributed by atoms with E-state index in [9.17, 15) is 22.4 Å². The molecule has 2 fully saturated rings. The maximum atomic E-state index is 13.8. The average molecular weight is 583 g/mol. The molecule has 2 aliphatic heterocycles. The zero-order valence-corrected chi connectivity index (χ0v) is 22.5. The number of sulfonamides is 1. The minimum atomic E-state index is -3.72. The van der Waals surface area contributed by atoms with Crippen LogP contribution in [0.5, 0.6) is 0 Å². The van der Waals surface area contributed by atoms with Crippen LogP contribution < -0.4 is 5.32 Å². The second kappa shape index (κ2) is 10.4. The molecule has 1 saturated heterocycles. The maximum absolute atomic E-state index is 13.8. The van der Waals surface area contributed by atoms with E-state index in [4.69, 9.17) is 26.4 Å². The number of hydrogen-bond donors (Lipinski definition) is 2. The Morgan fingerprint density at radius 1 is 1.32 bits per heavy atom. The fourth-order valence-corrected chi connectivity index (χ4v) is 8.01. The number of ether oxygens (including phenoxy) is 1. The number of nitrogens with zero attached hydrogens (tertiary/aromatic N) is 3. The van der Waals surface area contributed by atoms with Gasteiger partial charge in [0.1, 0.15) is 11.9 Å². The zero-order chi connectivity index (χ0) is 27.2. The van der Waals surface area contributed by atoms with Crippen LogP contribution in [0.4, 0.5) is 4.39 Å². The minimum Gasteiger partial charge on any atom is -0.481 e. The van der Waals surface area contributed by atoms with E-state index in [-0.39, 0.29) is 36.5 Å². The van der Waals surface area contributed by atoms with E-state index in [1.54, 1.807) is 11.6 Å². The fourth-order valence-electron chi connectivity index (χ4n) is 5.04. The molecule has 3 heterocycles. The van der Waals surface area contributed by atoms with Crippen molar-refractivity contribution in [2.45, 2.75) is 30.6 Å². The van der Waals surface area contributed by atoms with E-state index in [0.29, 0.717) is 28.5 Å². The average Bonchev–Trinajstić information content (AvgIpc) is 3.54. The molecule has 0 spiro atoms. The number of hydrogen-bond acceptors (Lipinski definition) is 9. The highest BCUT2D eigenvalue weighted by Crippen LogP contribution is 2.41. The van der Waals surface area contributed by atoms with Gasteiger partial charge in [-0.1, -0.05) is 17.7 Å². The predicted molar refractivity (Wildman–Crippen MR) is 138 cm³/mol. The largest absolute Gasteiger partial charge is 0.481 e. The Balaban J connectivity index is 1.52. The lowest BCUT2D eigenvalue weighted by Gasteiger charge is -2.35. The topological polar surface area (TPSA) is 138 Å². The van der Waals surface area contributed by atoms with Crippen LogP contribution in [0, 0.1) is 17.7 Å². The molecule has 0 bridgehead atoms. The molecular formula is C24H24ClFN4O6S2. The van der Waals surface area contributed by atoms with Crippen molar-refractivity contribution in [3.05, 3.63) is 62.5 Å². The van der Waals surface area contributed by atoms with E-state index in [1.807, 2.05) is 0 Å². The molecule has 1 aromatic carbocycles. The summed E-state index contributed by atoms with van der Waals surface area (Å²) in [6.45, 7) is 0.307. The van der Waals surface area contributed by atoms with E-state index in [2.05, 4.69) is 10.3 Å². The first-order valence-corrected chi connectivity index (χ1v) is 14.6. The number of benzene rings is 1. The highest BCUT2D eigenvalue weighted by molar-refractivity contribution is 7.89. The van der Waals surface area contributed by atoms with Crippen LogP contribution in [0.1, 0.15) is 35.9 Å². The lowest BCUT2D eigenvalue weighted by atomic mass is 9.85. The number of carbonyl (C=O) groups excluding carboxylic acids is 1. The first-order valence-electron chi connectivity index (χ1n) is 11.8. The molecule has 2 atom stereocenters. The van der Waals surface area contributed by atoms with Gasteiger partial charge in [-0.05, 0) is 31.4 Å². The lowest BCUT2D eigenvalue weighted by molar-refractivity contribution is -0.144. The predicted octanol–water partition coefficient (Wildman–Crippen LogP) is 2.97. The summed E-state index contributed by atoms with van der Waals surface area (Å²) in [6.07, 6.45) is 2.18. The smallest absolute Gasteiger partial charge is 0.338 e. The molecule has 14 heteroatoms. The molecule has 2 aromatic rings. The third-order valence-corrected chi connectivity index (χ3v) is 10.5. The molecule has 0 amide bonds. The summed E-state index contributed by atoms with van der Waals surface area (Å²) >= 11 is 7.71. The summed E-state index contributed by atoms with van der Waals surface area (Å²) in [5, 5.41) is 14.0. The third kappa shape index (κ3) is 4.83. The number of aromatic nitrogens is 1. The molecule has 202 valence electrons. The molecule has 38 heavy (non-hydrogen) atoms. The SMILES string of the molecule is COC(=O)C1=C(C2CCN(S(=O)(=O)[C@H]3C[C@@H](C(=O)O)C3)C2)NC(c2nccs2)=NC1c1ccc(F)cc1Cl. The summed E-state index contributed by atoms with van der Waals surface area (Å²) in [5.74, 6) is -2.91. The molecule has 2 unspecified atom stereocenters. The third-order valence-electron chi connectivity index (χ3n) is 7.16. The molecule has 10 nitrogen and oxygen atoms in total. The second-order valence-corrected chi connectivity index (χ2v) is 12.9. The van der Waals surface area contributed by atoms with Crippen molar-refractivity contribution in [3.8, 4) is 0 Å². The van der Waals surface area contributed by atoms with Crippen molar-refractivity contribution in [3.63, 3.8) is 0 Å². The maximum Gasteiger partial charge on any atom is 0.338 e. The van der Waals surface area contributed by atoms with Crippen LogP contribution in [0.3, 0.4) is 0 Å². The molecule has 1 saturated carbocycles. The van der Waals surface area contributed by atoms with Gasteiger partial charge in [-0.3, -0.25) is 9.79 Å². The van der Waals surface area contributed by atoms with E-state index in [0.717, 1.165) is 6.07 Å². The van der Waals surface area contributed by atoms with Crippen molar-refractivity contribution < 1.29 is 32.2 Å². The summed E-state index contributed by atoms with van der Waals surface area (Å²) in [5.41, 5.74) is 0.982. The molecular weight excluding hydrogens is 559 g/mol. The van der Waals surface area contributed by atoms with Gasteiger partial charge in [0.2, 0.25) is 10.0 Å². The molecule has 1 aliphatic carbocycles. The number of aliphatic imine (C=N–C) groups is 1. The Morgan fingerprint density at radius 2 is 2.08 bits per heavy atom. The van der Waals surface area contributed by atoms with Gasteiger partial charge in [-0.25, -0.2) is 26.9 Å². The molecule has 0 radical (unpaired) electrons. The van der Waals surface area contributed by atoms with E-state index in [1.165, 1.54) is 34.9 Å². The normalized spacial score (nSPS) is 25.9. The number of methoxy groups -OCH3 is 1. The number of halogens is 2. The summed E-state index contributed by atoms with van der Waals surface area (Å²) in [4.78, 5) is 33.3. The summed E-state index contributed by atoms with van der Waals surface area (Å²) < 4.78 is 46.7. The lowest BCUT2D eigenvalue weighted by Crippen LogP contribution is -2.46. The Bertz CT molecular complexity index is 1440. The number of rotatable bonds is 7. The monoisotopic (exact) mass is 582 g/mol. The number of carboxylic acids is 1. The van der Waals surface area contributed by atoms with Crippen molar-refractivity contribution in [2.75, 3.05) is 20.2 Å². The van der Waals surface area contributed by atoms with Crippen molar-refractivity contribution >= 4 is 50.7 Å². The highest BCUT2D eigenvalue weighted by atomic mass is 35.5. The number of amidine groups is 1. The Hall–Kier alpha value is -2.87. The van der Waals surface area contributed by atoms with Crippen LogP contribution in [-0.2, 0) is 24.3 Å². The van der Waals surface area contributed by atoms with Gasteiger partial charge in [0.25, 0.3) is 0 Å². The van der Waals surface area contributed by atoms with E-state index < -0.39 is 50.9 Å². The van der Waals surface area contributed by atoms with Crippen LogP contribution in [0.15, 0.2) is 46.0 Å². The highest BCUT2D eigenvalue weighted by Gasteiger charge is 2.47. The van der Waals surface area contributed by atoms with Gasteiger partial charge in [-0.15, -0.1) is 11.3 Å². The Labute approximate surface area is 227 Å². The molecule has 3 aliphatic rings. The second-order valence-electron chi connectivity index (χ2n) is 9.34. The number of aliphatic carboxylic acids is 1. The van der Waals surface area contributed by atoms with Gasteiger partial charge in [0.05, 0.1) is 23.9 Å². The van der Waals surface area contributed by atoms with Gasteiger partial charge in [-0.2, -0.15) is 0 Å². The Morgan fingerprint density at radius 3 is 2.71 bits per heavy atom. The number of carbonyl (C=O) groups is 2. The van der Waals surface area contributed by atoms with Crippen LogP contribution in [0.25, 0.3) is 0 Å². The summed E-state index contributed by atoms with van der Waals surface area (Å²) in [6, 6.07) is 2.87. The van der Waals surface area contributed by atoms with Gasteiger partial charge < -0.3 is 15.2 Å². The van der Waals surface area contributed by atoms with Crippen molar-refractivity contribution in [1.29, 1.82) is 0 Å². The summed E-state index contributed by atoms with van der Waals surface area (Å²) in [7, 11) is -2.48. The van der Waals surface area contributed by atoms with Gasteiger partial charge >= 0.3 is 11.9 Å². The fraction of sp³-hybridized carbons (Fsp3) is 0.417. The van der Waals surface area contributed by atoms with Crippen LogP contribution >= 0.6 is 22.9 Å². The standard InChI is InChI=1S/C24H24ClFN4O6S2/c1-36-24(33)18-19(12-4-6-30(11-12)38(34,35)15-8-13(9-15)23(31)32)28-21(22-27-5-7-37-22)29-20(18)16-3-2-14(26)10-17(16)25/h2-3,5,7,10,12-13,15,20H,4,6,8-9,11H2,1H3,(H,28,29)(H,31,32)/t12?,13-,15+,20?. The zero-order valence-electron chi connectivity index (χ0n) is 20.1. The molecule has 5 rings (SSSR count). The Kier molecular flexibility index (Phi) is 7.29. The molecule has 1 aromatic heterocycles. The van der Waals surface area contributed by atoms with Crippen molar-refractivity contribution in [2.24, 2.45) is 16.8 Å². The van der Waals surface area contributed by atoms with Gasteiger partial charge in [0.15, 0.2) is 10.8 Å². The number of nitrogens with one attached hydrogen (secondary N) is 1. The van der Waals surface area contributed by atoms with E-state index >= 15 is 0 Å². The minimum absolute atomic E-state index is 0.0773. The number of thiazole rings is 1. The first kappa shape index (κ1) is 26.7. The van der Waals surface area contributed by atoms with Crippen LogP contribution in [-0.4, -0.2) is 66.0 Å². The first-order chi connectivity index (χ1) is 18.1. The number of carboxylic acid groups (broad SMARTS) is 1. The van der Waals surface area contributed by atoms with Gasteiger partial charge in [0, 0.05) is 46.9 Å². The number of esters is 1.